The van der Waals surface area contributed by atoms with Crippen LogP contribution in [0.15, 0.2) is 18.2 Å². The van der Waals surface area contributed by atoms with Crippen molar-refractivity contribution in [2.24, 2.45) is 11.8 Å². The minimum absolute atomic E-state index is 0.156. The fourth-order valence-corrected chi connectivity index (χ4v) is 2.84. The van der Waals surface area contributed by atoms with Crippen molar-refractivity contribution in [3.05, 3.63) is 23.8 Å². The normalized spacial score (nSPS) is 23.6. The standard InChI is InChI=1S/C15H21F3N2/c1-10-4-2-3-5-11(10)9-20-14-7-6-12(8-13(14)19)15(16,17)18/h6-8,10-11,20H,2-5,9,19H2,1H3. The van der Waals surface area contributed by atoms with Gasteiger partial charge in [0.05, 0.1) is 16.9 Å². The lowest BCUT2D eigenvalue weighted by molar-refractivity contribution is -0.137. The van der Waals surface area contributed by atoms with Crippen LogP contribution in [0.25, 0.3) is 0 Å². The molecule has 0 aromatic heterocycles. The number of rotatable bonds is 3. The topological polar surface area (TPSA) is 38.0 Å². The molecule has 1 aromatic rings. The van der Waals surface area contributed by atoms with E-state index in [1.807, 2.05) is 0 Å². The Balaban J connectivity index is 1.99. The molecule has 1 fully saturated rings. The molecule has 1 saturated carbocycles. The van der Waals surface area contributed by atoms with E-state index in [9.17, 15) is 13.2 Å². The summed E-state index contributed by atoms with van der Waals surface area (Å²) in [6, 6.07) is 3.49. The Morgan fingerprint density at radius 1 is 1.25 bits per heavy atom. The van der Waals surface area contributed by atoms with Gasteiger partial charge in [-0.05, 0) is 36.5 Å². The van der Waals surface area contributed by atoms with Crippen LogP contribution in [0.3, 0.4) is 0 Å². The van der Waals surface area contributed by atoms with E-state index in [0.717, 1.165) is 18.7 Å². The molecule has 1 aliphatic carbocycles. The molecule has 0 radical (unpaired) electrons. The molecule has 2 atom stereocenters. The summed E-state index contributed by atoms with van der Waals surface area (Å²) in [5.41, 5.74) is 5.75. The molecule has 20 heavy (non-hydrogen) atoms. The summed E-state index contributed by atoms with van der Waals surface area (Å²) in [5, 5.41) is 3.20. The van der Waals surface area contributed by atoms with E-state index in [4.69, 9.17) is 5.73 Å². The molecule has 112 valence electrons. The van der Waals surface area contributed by atoms with Gasteiger partial charge in [0, 0.05) is 6.54 Å². The van der Waals surface area contributed by atoms with Crippen molar-refractivity contribution in [3.63, 3.8) is 0 Å². The zero-order valence-corrected chi connectivity index (χ0v) is 11.6. The highest BCUT2D eigenvalue weighted by Crippen LogP contribution is 2.34. The molecule has 0 amide bonds. The van der Waals surface area contributed by atoms with Gasteiger partial charge in [-0.25, -0.2) is 0 Å². The zero-order valence-electron chi connectivity index (χ0n) is 11.6. The minimum atomic E-state index is -4.34. The van der Waals surface area contributed by atoms with Gasteiger partial charge in [0.2, 0.25) is 0 Å². The first-order valence-electron chi connectivity index (χ1n) is 7.08. The van der Waals surface area contributed by atoms with Crippen LogP contribution in [-0.4, -0.2) is 6.54 Å². The lowest BCUT2D eigenvalue weighted by Gasteiger charge is -2.29. The van der Waals surface area contributed by atoms with Gasteiger partial charge >= 0.3 is 6.18 Å². The second-order valence-corrected chi connectivity index (χ2v) is 5.70. The average Bonchev–Trinajstić information content (AvgIpc) is 2.38. The Morgan fingerprint density at radius 3 is 2.55 bits per heavy atom. The summed E-state index contributed by atoms with van der Waals surface area (Å²) >= 11 is 0. The highest BCUT2D eigenvalue weighted by Gasteiger charge is 2.30. The predicted octanol–water partition coefficient (Wildman–Crippen LogP) is 4.53. The first-order chi connectivity index (χ1) is 9.38. The molecule has 0 saturated heterocycles. The number of nitrogens with one attached hydrogen (secondary N) is 1. The maximum Gasteiger partial charge on any atom is 0.416 e. The second-order valence-electron chi connectivity index (χ2n) is 5.70. The summed E-state index contributed by atoms with van der Waals surface area (Å²) < 4.78 is 37.7. The quantitative estimate of drug-likeness (QED) is 0.801. The van der Waals surface area contributed by atoms with E-state index in [1.54, 1.807) is 0 Å². The predicted molar refractivity (Wildman–Crippen MR) is 75.5 cm³/mol. The van der Waals surface area contributed by atoms with Crippen LogP contribution in [0.4, 0.5) is 24.5 Å². The van der Waals surface area contributed by atoms with Crippen LogP contribution in [0.1, 0.15) is 38.2 Å². The molecule has 2 unspecified atom stereocenters. The van der Waals surface area contributed by atoms with Crippen molar-refractivity contribution in [2.75, 3.05) is 17.6 Å². The molecule has 2 nitrogen and oxygen atoms in total. The number of hydrogen-bond donors (Lipinski definition) is 2. The fourth-order valence-electron chi connectivity index (χ4n) is 2.84. The average molecular weight is 286 g/mol. The van der Waals surface area contributed by atoms with Crippen molar-refractivity contribution in [2.45, 2.75) is 38.8 Å². The molecule has 5 heteroatoms. The van der Waals surface area contributed by atoms with Crippen molar-refractivity contribution < 1.29 is 13.2 Å². The van der Waals surface area contributed by atoms with E-state index in [0.29, 0.717) is 17.5 Å². The Kier molecular flexibility index (Phi) is 4.45. The van der Waals surface area contributed by atoms with Crippen molar-refractivity contribution in [1.82, 2.24) is 0 Å². The number of anilines is 2. The molecular weight excluding hydrogens is 265 g/mol. The van der Waals surface area contributed by atoms with Gasteiger partial charge in [0.1, 0.15) is 0 Å². The molecule has 2 rings (SSSR count). The highest BCUT2D eigenvalue weighted by atomic mass is 19.4. The summed E-state index contributed by atoms with van der Waals surface area (Å²) in [6.07, 6.45) is 0.577. The lowest BCUT2D eigenvalue weighted by Crippen LogP contribution is -2.24. The number of nitrogens with two attached hydrogens (primary N) is 1. The van der Waals surface area contributed by atoms with Crippen molar-refractivity contribution in [3.8, 4) is 0 Å². The van der Waals surface area contributed by atoms with Crippen LogP contribution >= 0.6 is 0 Å². The SMILES string of the molecule is CC1CCCCC1CNc1ccc(C(F)(F)F)cc1N. The smallest absolute Gasteiger partial charge is 0.397 e. The summed E-state index contributed by atoms with van der Waals surface area (Å²) in [5.74, 6) is 1.23. The third kappa shape index (κ3) is 3.58. The molecule has 1 aromatic carbocycles. The molecule has 0 aliphatic heterocycles. The van der Waals surface area contributed by atoms with Gasteiger partial charge in [-0.2, -0.15) is 13.2 Å². The van der Waals surface area contributed by atoms with Crippen molar-refractivity contribution in [1.29, 1.82) is 0 Å². The fraction of sp³-hybridized carbons (Fsp3) is 0.600. The number of halogens is 3. The summed E-state index contributed by atoms with van der Waals surface area (Å²) in [6.45, 7) is 3.01. The zero-order chi connectivity index (χ0) is 14.8. The van der Waals surface area contributed by atoms with Crippen molar-refractivity contribution >= 4 is 11.4 Å². The molecule has 0 spiro atoms. The van der Waals surface area contributed by atoms with Crippen LogP contribution < -0.4 is 11.1 Å². The third-order valence-electron chi connectivity index (χ3n) is 4.22. The summed E-state index contributed by atoms with van der Waals surface area (Å²) in [4.78, 5) is 0. The van der Waals surface area contributed by atoms with Gasteiger partial charge in [0.25, 0.3) is 0 Å². The maximum atomic E-state index is 12.6. The van der Waals surface area contributed by atoms with Gasteiger partial charge in [-0.15, -0.1) is 0 Å². The van der Waals surface area contributed by atoms with Crippen LogP contribution in [-0.2, 0) is 6.18 Å². The van der Waals surface area contributed by atoms with E-state index in [-0.39, 0.29) is 5.69 Å². The van der Waals surface area contributed by atoms with Gasteiger partial charge in [-0.1, -0.05) is 26.2 Å². The van der Waals surface area contributed by atoms with E-state index < -0.39 is 11.7 Å². The minimum Gasteiger partial charge on any atom is -0.397 e. The molecule has 1 aliphatic rings. The maximum absolute atomic E-state index is 12.6. The van der Waals surface area contributed by atoms with E-state index >= 15 is 0 Å². The lowest BCUT2D eigenvalue weighted by atomic mass is 9.80. The Labute approximate surface area is 117 Å². The summed E-state index contributed by atoms with van der Waals surface area (Å²) in [7, 11) is 0. The third-order valence-corrected chi connectivity index (χ3v) is 4.22. The van der Waals surface area contributed by atoms with Crippen LogP contribution in [0.5, 0.6) is 0 Å². The van der Waals surface area contributed by atoms with Crippen LogP contribution in [0, 0.1) is 11.8 Å². The Morgan fingerprint density at radius 2 is 1.95 bits per heavy atom. The van der Waals surface area contributed by atoms with Gasteiger partial charge in [-0.3, -0.25) is 0 Å². The number of benzene rings is 1. The number of alkyl halides is 3. The molecule has 0 bridgehead atoms. The van der Waals surface area contributed by atoms with E-state index in [1.165, 1.54) is 31.7 Å². The molecule has 3 N–H and O–H groups in total. The molecular formula is C15H21F3N2. The van der Waals surface area contributed by atoms with Gasteiger partial charge in [0.15, 0.2) is 0 Å². The first kappa shape index (κ1) is 15.0. The Hall–Kier alpha value is -1.39. The number of nitrogen functional groups attached to an aromatic ring is 1. The molecule has 0 heterocycles. The second kappa shape index (κ2) is 5.94. The first-order valence-corrected chi connectivity index (χ1v) is 7.08. The largest absolute Gasteiger partial charge is 0.416 e. The highest BCUT2D eigenvalue weighted by molar-refractivity contribution is 5.67. The van der Waals surface area contributed by atoms with Crippen LogP contribution in [0.2, 0.25) is 0 Å². The monoisotopic (exact) mass is 286 g/mol. The van der Waals surface area contributed by atoms with Gasteiger partial charge < -0.3 is 11.1 Å². The Bertz CT molecular complexity index is 457. The number of hydrogen-bond acceptors (Lipinski definition) is 2. The van der Waals surface area contributed by atoms with E-state index in [2.05, 4.69) is 12.2 Å².